The van der Waals surface area contributed by atoms with Gasteiger partial charge in [-0.3, -0.25) is 0 Å². The van der Waals surface area contributed by atoms with Crippen molar-refractivity contribution in [3.05, 3.63) is 57.6 Å². The average molecular weight is 477 g/mol. The Bertz CT molecular complexity index is 1030. The van der Waals surface area contributed by atoms with Gasteiger partial charge in [0, 0.05) is 10.4 Å². The van der Waals surface area contributed by atoms with E-state index in [1.54, 1.807) is 11.1 Å². The minimum absolute atomic E-state index is 0.0440. The maximum Gasteiger partial charge on any atom is 0.0449 e. The Labute approximate surface area is 213 Å². The van der Waals surface area contributed by atoms with Crippen LogP contribution in [-0.2, 0) is 16.2 Å². The molecule has 3 aliphatic carbocycles. The lowest BCUT2D eigenvalue weighted by atomic mass is 9.54. The molecule has 0 atom stereocenters. The van der Waals surface area contributed by atoms with Gasteiger partial charge in [-0.1, -0.05) is 116 Å². The van der Waals surface area contributed by atoms with Crippen LogP contribution in [0.15, 0.2) is 30.3 Å². The summed E-state index contributed by atoms with van der Waals surface area (Å²) in [6, 6.07) is 12.4. The van der Waals surface area contributed by atoms with Crippen LogP contribution in [-0.4, -0.2) is 0 Å². The van der Waals surface area contributed by atoms with Crippen molar-refractivity contribution >= 4 is 11.6 Å². The van der Waals surface area contributed by atoms with E-state index in [0.29, 0.717) is 0 Å². The summed E-state index contributed by atoms with van der Waals surface area (Å²) in [5.41, 5.74) is 9.34. The van der Waals surface area contributed by atoms with E-state index in [-0.39, 0.29) is 16.2 Å². The second kappa shape index (κ2) is 8.69. The Balaban J connectivity index is 1.85. The first-order valence-corrected chi connectivity index (χ1v) is 14.4. The zero-order valence-corrected chi connectivity index (χ0v) is 23.2. The van der Waals surface area contributed by atoms with Gasteiger partial charge in [0.25, 0.3) is 0 Å². The molecule has 0 N–H and O–H groups in total. The summed E-state index contributed by atoms with van der Waals surface area (Å²) in [6.07, 6.45) is 13.9. The Kier molecular flexibility index (Phi) is 6.24. The van der Waals surface area contributed by atoms with Gasteiger partial charge in [0.05, 0.1) is 0 Å². The first kappa shape index (κ1) is 24.4. The molecule has 0 amide bonds. The molecule has 5 rings (SSSR count). The van der Waals surface area contributed by atoms with Gasteiger partial charge in [-0.25, -0.2) is 0 Å². The van der Waals surface area contributed by atoms with Crippen molar-refractivity contribution in [2.45, 2.75) is 122 Å². The van der Waals surface area contributed by atoms with Crippen LogP contribution in [0.1, 0.15) is 128 Å². The predicted molar refractivity (Wildman–Crippen MR) is 148 cm³/mol. The molecule has 1 heteroatoms. The molecule has 0 aromatic heterocycles. The largest absolute Gasteiger partial charge is 0.0840 e. The summed E-state index contributed by atoms with van der Waals surface area (Å²) in [6.45, 7) is 14.1. The van der Waals surface area contributed by atoms with Crippen molar-refractivity contribution in [2.75, 3.05) is 0 Å². The molecule has 0 spiro atoms. The van der Waals surface area contributed by atoms with Crippen molar-refractivity contribution in [2.24, 2.45) is 11.8 Å². The van der Waals surface area contributed by atoms with E-state index in [2.05, 4.69) is 71.9 Å². The molecule has 0 aliphatic heterocycles. The molecular weight excluding hydrogens is 432 g/mol. The van der Waals surface area contributed by atoms with Gasteiger partial charge < -0.3 is 0 Å². The van der Waals surface area contributed by atoms with Crippen LogP contribution in [0.5, 0.6) is 0 Å². The van der Waals surface area contributed by atoms with Crippen molar-refractivity contribution in [3.63, 3.8) is 0 Å². The number of hydrogen-bond acceptors (Lipinski definition) is 0. The number of benzene rings is 2. The third-order valence-electron chi connectivity index (χ3n) is 9.48. The van der Waals surface area contributed by atoms with Gasteiger partial charge in [-0.15, -0.1) is 0 Å². The van der Waals surface area contributed by atoms with Crippen LogP contribution in [0.2, 0.25) is 5.02 Å². The molecule has 2 aromatic carbocycles. The van der Waals surface area contributed by atoms with E-state index in [0.717, 1.165) is 16.9 Å². The van der Waals surface area contributed by atoms with E-state index >= 15 is 0 Å². The first-order chi connectivity index (χ1) is 16.0. The molecular formula is C33H45Cl. The summed E-state index contributed by atoms with van der Waals surface area (Å²) in [7, 11) is 0. The standard InChI is InChI=1S/C33H45Cl/c1-31(2,3)24-17-18-25-26-20-30(34)29(32(4,5)6)21-28(26)33(27(25)19-24,22-13-9-7-10-14-22)23-15-11-8-12-16-23/h17-23H,7-16H2,1-6H3. The fraction of sp³-hybridized carbons (Fsp3) is 0.636. The highest BCUT2D eigenvalue weighted by Crippen LogP contribution is 2.63. The summed E-state index contributed by atoms with van der Waals surface area (Å²) < 4.78 is 0. The third-order valence-corrected chi connectivity index (χ3v) is 9.79. The highest BCUT2D eigenvalue weighted by Gasteiger charge is 2.54. The summed E-state index contributed by atoms with van der Waals surface area (Å²) in [5.74, 6) is 1.49. The summed E-state index contributed by atoms with van der Waals surface area (Å²) in [5, 5.41) is 0.945. The fourth-order valence-electron chi connectivity index (χ4n) is 7.77. The van der Waals surface area contributed by atoms with Gasteiger partial charge in [0.2, 0.25) is 0 Å². The molecule has 2 fully saturated rings. The van der Waals surface area contributed by atoms with Gasteiger partial charge in [0.15, 0.2) is 0 Å². The lowest BCUT2D eigenvalue weighted by Gasteiger charge is -2.49. The number of halogens is 1. The average Bonchev–Trinajstić information content (AvgIpc) is 3.08. The Hall–Kier alpha value is -1.27. The molecule has 0 saturated heterocycles. The third kappa shape index (κ3) is 3.87. The molecule has 2 saturated carbocycles. The Morgan fingerprint density at radius 2 is 1.18 bits per heavy atom. The van der Waals surface area contributed by atoms with Crippen molar-refractivity contribution in [1.29, 1.82) is 0 Å². The summed E-state index contributed by atoms with van der Waals surface area (Å²) >= 11 is 7.03. The maximum absolute atomic E-state index is 7.03. The molecule has 184 valence electrons. The molecule has 0 heterocycles. The lowest BCUT2D eigenvalue weighted by molar-refractivity contribution is 0.137. The van der Waals surface area contributed by atoms with Gasteiger partial charge >= 0.3 is 0 Å². The van der Waals surface area contributed by atoms with Gasteiger partial charge in [-0.05, 0) is 87.8 Å². The second-order valence-corrected chi connectivity index (χ2v) is 14.1. The topological polar surface area (TPSA) is 0 Å². The number of hydrogen-bond donors (Lipinski definition) is 0. The predicted octanol–water partition coefficient (Wildman–Crippen LogP) is 10.4. The Morgan fingerprint density at radius 1 is 0.647 bits per heavy atom. The zero-order chi connectivity index (χ0) is 24.3. The van der Waals surface area contributed by atoms with E-state index in [4.69, 9.17) is 11.6 Å². The van der Waals surface area contributed by atoms with Crippen LogP contribution in [0.4, 0.5) is 0 Å². The highest BCUT2D eigenvalue weighted by molar-refractivity contribution is 6.32. The molecule has 2 aromatic rings. The van der Waals surface area contributed by atoms with Crippen LogP contribution in [0.3, 0.4) is 0 Å². The molecule has 0 radical (unpaired) electrons. The maximum atomic E-state index is 7.03. The molecule has 0 bridgehead atoms. The molecule has 0 unspecified atom stereocenters. The monoisotopic (exact) mass is 476 g/mol. The zero-order valence-electron chi connectivity index (χ0n) is 22.5. The van der Waals surface area contributed by atoms with Crippen LogP contribution in [0.25, 0.3) is 11.1 Å². The van der Waals surface area contributed by atoms with Gasteiger partial charge in [0.1, 0.15) is 0 Å². The van der Waals surface area contributed by atoms with Crippen LogP contribution in [0, 0.1) is 11.8 Å². The SMILES string of the molecule is CC(C)(C)c1ccc2c(c1)C(C1CCCCC1)(C1CCCCC1)c1cc(C(C)(C)C)c(Cl)cc1-2. The lowest BCUT2D eigenvalue weighted by Crippen LogP contribution is -2.44. The van der Waals surface area contributed by atoms with Crippen molar-refractivity contribution < 1.29 is 0 Å². The molecule has 0 nitrogen and oxygen atoms in total. The number of rotatable bonds is 2. The van der Waals surface area contributed by atoms with Crippen molar-refractivity contribution in [1.82, 2.24) is 0 Å². The highest BCUT2D eigenvalue weighted by atomic mass is 35.5. The minimum Gasteiger partial charge on any atom is -0.0840 e. The smallest absolute Gasteiger partial charge is 0.0449 e. The quantitative estimate of drug-likeness (QED) is 0.404. The fourth-order valence-corrected chi connectivity index (χ4v) is 8.22. The number of fused-ring (bicyclic) bond motifs is 3. The minimum atomic E-state index is 0.0440. The van der Waals surface area contributed by atoms with Crippen LogP contribution < -0.4 is 0 Å². The van der Waals surface area contributed by atoms with E-state index < -0.39 is 0 Å². The van der Waals surface area contributed by atoms with Gasteiger partial charge in [-0.2, -0.15) is 0 Å². The first-order valence-electron chi connectivity index (χ1n) is 14.0. The molecule has 34 heavy (non-hydrogen) atoms. The molecule has 3 aliphatic rings. The van der Waals surface area contributed by atoms with Crippen LogP contribution >= 0.6 is 11.6 Å². The van der Waals surface area contributed by atoms with Crippen molar-refractivity contribution in [3.8, 4) is 11.1 Å². The van der Waals surface area contributed by atoms with E-state index in [1.807, 2.05) is 0 Å². The summed E-state index contributed by atoms with van der Waals surface area (Å²) in [4.78, 5) is 0. The van der Waals surface area contributed by atoms with E-state index in [9.17, 15) is 0 Å². The normalized spacial score (nSPS) is 21.4. The van der Waals surface area contributed by atoms with E-state index in [1.165, 1.54) is 86.5 Å². The Morgan fingerprint density at radius 3 is 1.68 bits per heavy atom. The second-order valence-electron chi connectivity index (χ2n) is 13.7.